The van der Waals surface area contributed by atoms with Gasteiger partial charge in [0.1, 0.15) is 0 Å². The van der Waals surface area contributed by atoms with Crippen molar-refractivity contribution in [3.8, 4) is 0 Å². The van der Waals surface area contributed by atoms with E-state index in [1.54, 1.807) is 11.5 Å². The molecule has 1 heterocycles. The largest absolute Gasteiger partial charge is 0.196 e. The minimum absolute atomic E-state index is 0.483. The second-order valence-corrected chi connectivity index (χ2v) is 4.00. The molecular formula is C11H15NS. The highest BCUT2D eigenvalue weighted by Gasteiger charge is 2.04. The average molecular weight is 193 g/mol. The van der Waals surface area contributed by atoms with E-state index in [2.05, 4.69) is 30.9 Å². The van der Waals surface area contributed by atoms with E-state index in [-0.39, 0.29) is 0 Å². The van der Waals surface area contributed by atoms with Crippen LogP contribution in [0.2, 0.25) is 0 Å². The molecule has 2 heteroatoms. The van der Waals surface area contributed by atoms with Crippen molar-refractivity contribution < 1.29 is 0 Å². The summed E-state index contributed by atoms with van der Waals surface area (Å²) in [7, 11) is 0. The van der Waals surface area contributed by atoms with Crippen molar-refractivity contribution in [2.24, 2.45) is 0 Å². The molecular weight excluding hydrogens is 178 g/mol. The van der Waals surface area contributed by atoms with Crippen molar-refractivity contribution in [1.82, 2.24) is 4.37 Å². The number of rotatable bonds is 2. The van der Waals surface area contributed by atoms with Gasteiger partial charge in [0.25, 0.3) is 0 Å². The Morgan fingerprint density at radius 2 is 2.15 bits per heavy atom. The van der Waals surface area contributed by atoms with Crippen LogP contribution in [0.15, 0.2) is 12.7 Å². The van der Waals surface area contributed by atoms with Gasteiger partial charge in [-0.2, -0.15) is 4.37 Å². The van der Waals surface area contributed by atoms with E-state index in [0.717, 1.165) is 0 Å². The molecule has 0 unspecified atom stereocenters. The zero-order chi connectivity index (χ0) is 9.84. The van der Waals surface area contributed by atoms with E-state index in [1.165, 1.54) is 15.4 Å². The second kappa shape index (κ2) is 4.38. The Bertz CT molecular complexity index is 398. The number of nitrogens with zero attached hydrogens (tertiary/aromatic N) is 1. The minimum atomic E-state index is 0.483. The quantitative estimate of drug-likeness (QED) is 0.700. The molecule has 0 bridgehead atoms. The number of hydrogen-bond acceptors (Lipinski definition) is 2. The molecule has 13 heavy (non-hydrogen) atoms. The van der Waals surface area contributed by atoms with Crippen molar-refractivity contribution >= 4 is 23.7 Å². The third-order valence-electron chi connectivity index (χ3n) is 1.88. The monoisotopic (exact) mass is 193 g/mol. The van der Waals surface area contributed by atoms with Crippen LogP contribution in [0.5, 0.6) is 0 Å². The van der Waals surface area contributed by atoms with Crippen LogP contribution in [0, 0.1) is 0 Å². The molecule has 0 saturated carbocycles. The van der Waals surface area contributed by atoms with Crippen LogP contribution >= 0.6 is 11.5 Å². The van der Waals surface area contributed by atoms with Gasteiger partial charge < -0.3 is 0 Å². The zero-order valence-corrected chi connectivity index (χ0v) is 9.19. The first-order valence-corrected chi connectivity index (χ1v) is 5.22. The smallest absolute Gasteiger partial charge is 0.0646 e. The molecule has 0 fully saturated rings. The van der Waals surface area contributed by atoms with Gasteiger partial charge >= 0.3 is 0 Å². The maximum atomic E-state index is 4.44. The molecule has 0 radical (unpaired) electrons. The summed E-state index contributed by atoms with van der Waals surface area (Å²) in [6.07, 6.45) is 5.95. The van der Waals surface area contributed by atoms with Crippen LogP contribution in [0.25, 0.3) is 12.2 Å². The average Bonchev–Trinajstić information content (AvgIpc) is 2.48. The highest BCUT2D eigenvalue weighted by Crippen LogP contribution is 2.05. The molecule has 1 aromatic rings. The van der Waals surface area contributed by atoms with Crippen LogP contribution in [0.1, 0.15) is 32.4 Å². The Morgan fingerprint density at radius 3 is 2.62 bits per heavy atom. The van der Waals surface area contributed by atoms with E-state index in [4.69, 9.17) is 0 Å². The predicted octanol–water partition coefficient (Wildman–Crippen LogP) is 2.03. The van der Waals surface area contributed by atoms with Gasteiger partial charge in [0.15, 0.2) is 0 Å². The summed E-state index contributed by atoms with van der Waals surface area (Å²) in [4.78, 5) is 0. The molecule has 0 N–H and O–H groups in total. The summed E-state index contributed by atoms with van der Waals surface area (Å²) in [6.45, 7) is 10.1. The van der Waals surface area contributed by atoms with E-state index in [0.29, 0.717) is 5.92 Å². The highest BCUT2D eigenvalue weighted by atomic mass is 32.1. The molecule has 1 rings (SSSR count). The number of allylic oxidation sites excluding steroid dienone is 1. The molecule has 70 valence electrons. The van der Waals surface area contributed by atoms with Crippen molar-refractivity contribution in [3.63, 3.8) is 0 Å². The molecule has 0 atom stereocenters. The molecule has 0 aliphatic heterocycles. The Morgan fingerprint density at radius 1 is 1.46 bits per heavy atom. The lowest BCUT2D eigenvalue weighted by Gasteiger charge is -1.97. The van der Waals surface area contributed by atoms with Crippen LogP contribution in [-0.4, -0.2) is 4.37 Å². The predicted molar refractivity (Wildman–Crippen MR) is 60.3 cm³/mol. The third-order valence-corrected chi connectivity index (χ3v) is 2.82. The fraction of sp³-hybridized carbons (Fsp3) is 0.364. The van der Waals surface area contributed by atoms with Gasteiger partial charge in [0, 0.05) is 5.22 Å². The van der Waals surface area contributed by atoms with Crippen molar-refractivity contribution in [1.29, 1.82) is 0 Å². The standard InChI is InChI=1S/C11H15NS/c1-5-7-9-10(6-2)13-12-11(9)8(3)4/h5-8H,1H2,2-4H3/b9-7+,10-6+. The molecule has 0 spiro atoms. The Labute approximate surface area is 83.3 Å². The summed E-state index contributed by atoms with van der Waals surface area (Å²) < 4.78 is 5.68. The zero-order valence-electron chi connectivity index (χ0n) is 8.37. The number of hydrogen-bond donors (Lipinski definition) is 0. The topological polar surface area (TPSA) is 12.9 Å². The Balaban J connectivity index is 3.49. The third kappa shape index (κ3) is 2.07. The molecule has 1 nitrogen and oxygen atoms in total. The van der Waals surface area contributed by atoms with Crippen molar-refractivity contribution in [3.05, 3.63) is 28.1 Å². The van der Waals surface area contributed by atoms with Crippen molar-refractivity contribution in [2.45, 2.75) is 26.7 Å². The fourth-order valence-electron chi connectivity index (χ4n) is 1.23. The van der Waals surface area contributed by atoms with Crippen LogP contribution in [-0.2, 0) is 0 Å². The van der Waals surface area contributed by atoms with E-state index >= 15 is 0 Å². The van der Waals surface area contributed by atoms with Crippen LogP contribution < -0.4 is 9.75 Å². The van der Waals surface area contributed by atoms with E-state index < -0.39 is 0 Å². The van der Waals surface area contributed by atoms with Crippen LogP contribution in [0.4, 0.5) is 0 Å². The van der Waals surface area contributed by atoms with Gasteiger partial charge in [-0.1, -0.05) is 38.7 Å². The first-order valence-electron chi connectivity index (χ1n) is 4.45. The summed E-state index contributed by atoms with van der Waals surface area (Å²) in [5.41, 5.74) is 1.18. The highest BCUT2D eigenvalue weighted by molar-refractivity contribution is 7.03. The summed E-state index contributed by atoms with van der Waals surface area (Å²) in [6, 6.07) is 0. The molecule has 0 aromatic carbocycles. The number of aromatic nitrogens is 1. The maximum Gasteiger partial charge on any atom is 0.0646 e. The van der Waals surface area contributed by atoms with Gasteiger partial charge in [0.2, 0.25) is 0 Å². The van der Waals surface area contributed by atoms with E-state index in [1.807, 2.05) is 19.1 Å². The lowest BCUT2D eigenvalue weighted by molar-refractivity contribution is 0.832. The summed E-state index contributed by atoms with van der Waals surface area (Å²) in [5, 5.41) is 1.23. The van der Waals surface area contributed by atoms with E-state index in [9.17, 15) is 0 Å². The molecule has 1 aromatic heterocycles. The SMILES string of the molecule is C=C/C=c1/c(C(C)C)ns/c1=C/C. The van der Waals surface area contributed by atoms with Crippen LogP contribution in [0.3, 0.4) is 0 Å². The maximum absolute atomic E-state index is 4.44. The molecule has 0 aliphatic carbocycles. The fourth-order valence-corrected chi connectivity index (χ4v) is 2.12. The minimum Gasteiger partial charge on any atom is -0.196 e. The van der Waals surface area contributed by atoms with Crippen molar-refractivity contribution in [2.75, 3.05) is 0 Å². The first-order chi connectivity index (χ1) is 6.20. The lowest BCUT2D eigenvalue weighted by Crippen LogP contribution is -2.22. The normalized spacial score (nSPS) is 14.2. The van der Waals surface area contributed by atoms with Gasteiger partial charge in [-0.25, -0.2) is 0 Å². The van der Waals surface area contributed by atoms with Gasteiger partial charge in [-0.15, -0.1) is 0 Å². The molecule has 0 amide bonds. The lowest BCUT2D eigenvalue weighted by atomic mass is 10.1. The van der Waals surface area contributed by atoms with Gasteiger partial charge in [-0.3, -0.25) is 0 Å². The van der Waals surface area contributed by atoms with Gasteiger partial charge in [0.05, 0.1) is 10.2 Å². The Kier molecular flexibility index (Phi) is 3.43. The summed E-state index contributed by atoms with van der Waals surface area (Å²) >= 11 is 1.56. The first kappa shape index (κ1) is 10.2. The Hall–Kier alpha value is -0.890. The molecule has 0 aliphatic rings. The second-order valence-electron chi connectivity index (χ2n) is 3.19. The summed E-state index contributed by atoms with van der Waals surface area (Å²) in [5.74, 6) is 0.483. The molecule has 0 saturated heterocycles. The van der Waals surface area contributed by atoms with Gasteiger partial charge in [-0.05, 0) is 24.4 Å².